The van der Waals surface area contributed by atoms with Gasteiger partial charge in [0.2, 0.25) is 6.29 Å². The first-order valence-corrected chi connectivity index (χ1v) is 3.73. The number of ether oxygens (including phenoxy) is 2. The maximum absolute atomic E-state index is 10.6. The second-order valence-electron chi connectivity index (χ2n) is 1.74. The number of hydrogen-bond donors (Lipinski definition) is 0. The molecule has 0 aromatic heterocycles. The van der Waals surface area contributed by atoms with Crippen molar-refractivity contribution in [2.24, 2.45) is 0 Å². The molecule has 1 heterocycles. The van der Waals surface area contributed by atoms with Crippen molar-refractivity contribution in [3.05, 3.63) is 10.6 Å². The Morgan fingerprint density at radius 1 is 1.90 bits per heavy atom. The summed E-state index contributed by atoms with van der Waals surface area (Å²) in [4.78, 5) is 10.6. The monoisotopic (exact) mass is 206 g/mol. The number of hydrogen-bond acceptors (Lipinski definition) is 3. The summed E-state index contributed by atoms with van der Waals surface area (Å²) in [7, 11) is 0. The molecular weight excluding hydrogens is 200 g/mol. The third-order valence-electron chi connectivity index (χ3n) is 1.03. The minimum Gasteiger partial charge on any atom is -0.428 e. The molecule has 1 aliphatic rings. The van der Waals surface area contributed by atoms with E-state index in [2.05, 4.69) is 15.9 Å². The standard InChI is InChI=1S/C6H7BrO3/c1-2-9-5-3-4(7)6(8)10-5/h3,5H,2H2,1H3. The number of carbonyl (C=O) groups is 1. The van der Waals surface area contributed by atoms with Gasteiger partial charge in [-0.2, -0.15) is 0 Å². The van der Waals surface area contributed by atoms with Gasteiger partial charge in [-0.3, -0.25) is 0 Å². The highest BCUT2D eigenvalue weighted by atomic mass is 79.9. The maximum atomic E-state index is 10.6. The molecule has 0 saturated carbocycles. The molecule has 56 valence electrons. The van der Waals surface area contributed by atoms with E-state index in [0.29, 0.717) is 11.1 Å². The maximum Gasteiger partial charge on any atom is 0.347 e. The molecule has 0 aromatic carbocycles. The smallest absolute Gasteiger partial charge is 0.347 e. The lowest BCUT2D eigenvalue weighted by atomic mass is 10.5. The van der Waals surface area contributed by atoms with Crippen LogP contribution >= 0.6 is 15.9 Å². The molecule has 4 heteroatoms. The van der Waals surface area contributed by atoms with Crippen LogP contribution in [0, 0.1) is 0 Å². The van der Waals surface area contributed by atoms with Crippen LogP contribution < -0.4 is 0 Å². The minimum atomic E-state index is -0.494. The first-order chi connectivity index (χ1) is 4.74. The van der Waals surface area contributed by atoms with E-state index < -0.39 is 6.29 Å². The molecule has 0 fully saturated rings. The van der Waals surface area contributed by atoms with E-state index in [4.69, 9.17) is 9.47 Å². The van der Waals surface area contributed by atoms with Gasteiger partial charge < -0.3 is 9.47 Å². The highest BCUT2D eigenvalue weighted by Crippen LogP contribution is 2.18. The molecule has 3 nitrogen and oxygen atoms in total. The molecule has 1 atom stereocenters. The second kappa shape index (κ2) is 3.16. The van der Waals surface area contributed by atoms with Crippen molar-refractivity contribution in [3.8, 4) is 0 Å². The van der Waals surface area contributed by atoms with Gasteiger partial charge in [-0.15, -0.1) is 0 Å². The van der Waals surface area contributed by atoms with Gasteiger partial charge in [0.15, 0.2) is 0 Å². The van der Waals surface area contributed by atoms with Crippen molar-refractivity contribution in [1.82, 2.24) is 0 Å². The summed E-state index contributed by atoms with van der Waals surface area (Å²) in [5.41, 5.74) is 0. The van der Waals surface area contributed by atoms with Gasteiger partial charge in [0, 0.05) is 12.7 Å². The first-order valence-electron chi connectivity index (χ1n) is 2.94. The topological polar surface area (TPSA) is 35.5 Å². The second-order valence-corrected chi connectivity index (χ2v) is 2.60. The molecule has 1 unspecified atom stereocenters. The van der Waals surface area contributed by atoms with Gasteiger partial charge in [-0.1, -0.05) is 0 Å². The normalized spacial score (nSPS) is 24.4. The molecule has 0 amide bonds. The Bertz CT molecular complexity index is 176. The summed E-state index contributed by atoms with van der Waals surface area (Å²) in [5.74, 6) is -0.363. The van der Waals surface area contributed by atoms with E-state index in [0.717, 1.165) is 0 Å². The highest BCUT2D eigenvalue weighted by molar-refractivity contribution is 9.12. The Morgan fingerprint density at radius 3 is 3.00 bits per heavy atom. The zero-order chi connectivity index (χ0) is 7.56. The van der Waals surface area contributed by atoms with Gasteiger partial charge in [0.05, 0.1) is 0 Å². The minimum absolute atomic E-state index is 0.363. The molecule has 0 bridgehead atoms. The molecule has 0 saturated heterocycles. The van der Waals surface area contributed by atoms with Crippen LogP contribution in [0.5, 0.6) is 0 Å². The molecule has 0 spiro atoms. The lowest BCUT2D eigenvalue weighted by Crippen LogP contribution is -2.11. The highest BCUT2D eigenvalue weighted by Gasteiger charge is 2.23. The van der Waals surface area contributed by atoms with Crippen LogP contribution in [-0.4, -0.2) is 18.9 Å². The fraction of sp³-hybridized carbons (Fsp3) is 0.500. The Balaban J connectivity index is 2.48. The van der Waals surface area contributed by atoms with Crippen LogP contribution in [0.15, 0.2) is 10.6 Å². The Labute approximate surface area is 67.1 Å². The SMILES string of the molecule is CCOC1C=C(Br)C(=O)O1. The summed E-state index contributed by atoms with van der Waals surface area (Å²) < 4.78 is 10.1. The molecule has 0 radical (unpaired) electrons. The van der Waals surface area contributed by atoms with Gasteiger partial charge >= 0.3 is 5.97 Å². The number of esters is 1. The molecule has 0 aromatic rings. The van der Waals surface area contributed by atoms with Crippen molar-refractivity contribution in [2.45, 2.75) is 13.2 Å². The lowest BCUT2D eigenvalue weighted by molar-refractivity contribution is -0.157. The van der Waals surface area contributed by atoms with Crippen LogP contribution in [0.25, 0.3) is 0 Å². The third-order valence-corrected chi connectivity index (χ3v) is 1.62. The third kappa shape index (κ3) is 1.58. The van der Waals surface area contributed by atoms with E-state index in [-0.39, 0.29) is 5.97 Å². The Kier molecular flexibility index (Phi) is 2.45. The van der Waals surface area contributed by atoms with E-state index in [9.17, 15) is 4.79 Å². The molecule has 0 aliphatic carbocycles. The van der Waals surface area contributed by atoms with Crippen molar-refractivity contribution in [3.63, 3.8) is 0 Å². The molecule has 0 N–H and O–H groups in total. The average Bonchev–Trinajstić information content (AvgIpc) is 2.14. The van der Waals surface area contributed by atoms with Crippen LogP contribution in [0.4, 0.5) is 0 Å². The van der Waals surface area contributed by atoms with Crippen molar-refractivity contribution < 1.29 is 14.3 Å². The predicted molar refractivity (Wildman–Crippen MR) is 38.5 cm³/mol. The van der Waals surface area contributed by atoms with Crippen LogP contribution in [0.1, 0.15) is 6.92 Å². The lowest BCUT2D eigenvalue weighted by Gasteiger charge is -2.05. The molecule has 10 heavy (non-hydrogen) atoms. The first kappa shape index (κ1) is 7.75. The summed E-state index contributed by atoms with van der Waals surface area (Å²) in [5, 5.41) is 0. The Morgan fingerprint density at radius 2 is 2.60 bits per heavy atom. The van der Waals surface area contributed by atoms with Crippen molar-refractivity contribution in [1.29, 1.82) is 0 Å². The zero-order valence-electron chi connectivity index (χ0n) is 5.46. The number of rotatable bonds is 2. The fourth-order valence-corrected chi connectivity index (χ4v) is 0.939. The Hall–Kier alpha value is -0.350. The van der Waals surface area contributed by atoms with Gasteiger partial charge in [-0.05, 0) is 22.9 Å². The number of carbonyl (C=O) groups excluding carboxylic acids is 1. The van der Waals surface area contributed by atoms with Gasteiger partial charge in [0.1, 0.15) is 4.48 Å². The van der Waals surface area contributed by atoms with Crippen LogP contribution in [0.2, 0.25) is 0 Å². The quantitative estimate of drug-likeness (QED) is 0.638. The summed E-state index contributed by atoms with van der Waals surface area (Å²) in [6, 6.07) is 0. The van der Waals surface area contributed by atoms with Crippen LogP contribution in [0.3, 0.4) is 0 Å². The van der Waals surface area contributed by atoms with Gasteiger partial charge in [-0.25, -0.2) is 4.79 Å². The van der Waals surface area contributed by atoms with Crippen LogP contribution in [-0.2, 0) is 14.3 Å². The molecular formula is C6H7BrO3. The van der Waals surface area contributed by atoms with E-state index in [1.807, 2.05) is 6.92 Å². The molecule has 1 rings (SSSR count). The predicted octanol–water partition coefficient (Wildman–Crippen LogP) is 1.18. The van der Waals surface area contributed by atoms with E-state index in [1.54, 1.807) is 6.08 Å². The largest absolute Gasteiger partial charge is 0.428 e. The number of halogens is 1. The van der Waals surface area contributed by atoms with E-state index >= 15 is 0 Å². The van der Waals surface area contributed by atoms with E-state index in [1.165, 1.54) is 0 Å². The zero-order valence-corrected chi connectivity index (χ0v) is 7.05. The van der Waals surface area contributed by atoms with Gasteiger partial charge in [0.25, 0.3) is 0 Å². The molecule has 1 aliphatic heterocycles. The summed E-state index contributed by atoms with van der Waals surface area (Å²) >= 11 is 3.02. The summed E-state index contributed by atoms with van der Waals surface area (Å²) in [6.07, 6.45) is 1.10. The number of cyclic esters (lactones) is 1. The fourth-order valence-electron chi connectivity index (χ4n) is 0.630. The average molecular weight is 207 g/mol. The van der Waals surface area contributed by atoms with Crippen molar-refractivity contribution >= 4 is 21.9 Å². The summed E-state index contributed by atoms with van der Waals surface area (Å²) in [6.45, 7) is 2.38. The van der Waals surface area contributed by atoms with Crippen molar-refractivity contribution in [2.75, 3.05) is 6.61 Å².